The standard InChI is InChI=1S/C17H17N3/c1-12-8-13(2)10-14(9-12)16-11-17(18)20(19-16)15-6-4-3-5-7-15/h3-11H,18H2,1-2H3. The summed E-state index contributed by atoms with van der Waals surface area (Å²) in [7, 11) is 0. The van der Waals surface area contributed by atoms with Gasteiger partial charge in [-0.1, -0.05) is 35.4 Å². The van der Waals surface area contributed by atoms with Crippen molar-refractivity contribution in [3.05, 3.63) is 65.7 Å². The van der Waals surface area contributed by atoms with Gasteiger partial charge in [-0.3, -0.25) is 0 Å². The average Bonchev–Trinajstić information content (AvgIpc) is 2.81. The Bertz CT molecular complexity index is 722. The fourth-order valence-corrected chi connectivity index (χ4v) is 2.44. The van der Waals surface area contributed by atoms with E-state index in [1.807, 2.05) is 36.4 Å². The summed E-state index contributed by atoms with van der Waals surface area (Å²) in [5.41, 5.74) is 11.5. The Morgan fingerprint density at radius 2 is 1.55 bits per heavy atom. The fraction of sp³-hybridized carbons (Fsp3) is 0.118. The van der Waals surface area contributed by atoms with Crippen molar-refractivity contribution in [2.75, 3.05) is 5.73 Å². The highest BCUT2D eigenvalue weighted by atomic mass is 15.3. The van der Waals surface area contributed by atoms with Gasteiger partial charge in [0.2, 0.25) is 0 Å². The molecule has 0 aliphatic rings. The van der Waals surface area contributed by atoms with Gasteiger partial charge in [0.1, 0.15) is 5.82 Å². The Kier molecular flexibility index (Phi) is 3.03. The Morgan fingerprint density at radius 1 is 0.900 bits per heavy atom. The molecule has 0 unspecified atom stereocenters. The molecule has 0 aliphatic heterocycles. The van der Waals surface area contributed by atoms with E-state index in [2.05, 4.69) is 37.1 Å². The second kappa shape index (κ2) is 4.85. The van der Waals surface area contributed by atoms with Crippen molar-refractivity contribution in [2.45, 2.75) is 13.8 Å². The van der Waals surface area contributed by atoms with Gasteiger partial charge in [-0.2, -0.15) is 5.10 Å². The molecule has 1 aromatic heterocycles. The van der Waals surface area contributed by atoms with Gasteiger partial charge in [0.25, 0.3) is 0 Å². The van der Waals surface area contributed by atoms with Crippen molar-refractivity contribution in [3.63, 3.8) is 0 Å². The van der Waals surface area contributed by atoms with Crippen molar-refractivity contribution < 1.29 is 0 Å². The fourth-order valence-electron chi connectivity index (χ4n) is 2.44. The smallest absolute Gasteiger partial charge is 0.127 e. The zero-order chi connectivity index (χ0) is 14.1. The van der Waals surface area contributed by atoms with E-state index in [0.29, 0.717) is 5.82 Å². The van der Waals surface area contributed by atoms with Crippen molar-refractivity contribution in [2.24, 2.45) is 0 Å². The molecule has 0 fully saturated rings. The molecule has 0 atom stereocenters. The summed E-state index contributed by atoms with van der Waals surface area (Å²) >= 11 is 0. The van der Waals surface area contributed by atoms with Gasteiger partial charge in [-0.15, -0.1) is 0 Å². The molecule has 3 rings (SSSR count). The minimum atomic E-state index is 0.644. The largest absolute Gasteiger partial charge is 0.384 e. The lowest BCUT2D eigenvalue weighted by Gasteiger charge is -2.03. The van der Waals surface area contributed by atoms with Crippen LogP contribution in [0.3, 0.4) is 0 Å². The predicted molar refractivity (Wildman–Crippen MR) is 82.9 cm³/mol. The van der Waals surface area contributed by atoms with Gasteiger partial charge >= 0.3 is 0 Å². The second-order valence-corrected chi connectivity index (χ2v) is 5.08. The highest BCUT2D eigenvalue weighted by Crippen LogP contribution is 2.24. The highest BCUT2D eigenvalue weighted by Gasteiger charge is 2.09. The first-order valence-corrected chi connectivity index (χ1v) is 6.63. The maximum atomic E-state index is 6.09. The lowest BCUT2D eigenvalue weighted by molar-refractivity contribution is 0.895. The van der Waals surface area contributed by atoms with Crippen molar-refractivity contribution in [1.82, 2.24) is 9.78 Å². The Hall–Kier alpha value is -2.55. The zero-order valence-corrected chi connectivity index (χ0v) is 11.7. The molecule has 0 aliphatic carbocycles. The van der Waals surface area contributed by atoms with E-state index in [1.54, 1.807) is 4.68 Å². The number of nitrogens with zero attached hydrogens (tertiary/aromatic N) is 2. The van der Waals surface area contributed by atoms with Crippen LogP contribution in [-0.2, 0) is 0 Å². The first kappa shape index (κ1) is 12.5. The quantitative estimate of drug-likeness (QED) is 0.765. The molecule has 2 N–H and O–H groups in total. The predicted octanol–water partition coefficient (Wildman–Crippen LogP) is 3.74. The average molecular weight is 263 g/mol. The van der Waals surface area contributed by atoms with E-state index in [0.717, 1.165) is 16.9 Å². The lowest BCUT2D eigenvalue weighted by Crippen LogP contribution is -2.01. The Morgan fingerprint density at radius 3 is 2.20 bits per heavy atom. The van der Waals surface area contributed by atoms with Gasteiger partial charge < -0.3 is 5.73 Å². The number of nitrogen functional groups attached to an aromatic ring is 1. The number of benzene rings is 2. The molecule has 3 nitrogen and oxygen atoms in total. The molecule has 3 aromatic rings. The van der Waals surface area contributed by atoms with Crippen LogP contribution in [0.15, 0.2) is 54.6 Å². The number of hydrogen-bond donors (Lipinski definition) is 1. The lowest BCUT2D eigenvalue weighted by atomic mass is 10.1. The summed E-state index contributed by atoms with van der Waals surface area (Å²) in [6.45, 7) is 4.18. The summed E-state index contributed by atoms with van der Waals surface area (Å²) in [5, 5.41) is 4.62. The second-order valence-electron chi connectivity index (χ2n) is 5.08. The van der Waals surface area contributed by atoms with E-state index in [9.17, 15) is 0 Å². The minimum Gasteiger partial charge on any atom is -0.384 e. The van der Waals surface area contributed by atoms with E-state index in [-0.39, 0.29) is 0 Å². The molecule has 0 saturated carbocycles. The SMILES string of the molecule is Cc1cc(C)cc(-c2cc(N)n(-c3ccccc3)n2)c1. The normalized spacial score (nSPS) is 10.7. The minimum absolute atomic E-state index is 0.644. The molecule has 1 heterocycles. The number of aryl methyl sites for hydroxylation is 2. The molecule has 0 radical (unpaired) electrons. The molecule has 0 bridgehead atoms. The van der Waals surface area contributed by atoms with Crippen LogP contribution in [-0.4, -0.2) is 9.78 Å². The number of nitrogens with two attached hydrogens (primary N) is 1. The topological polar surface area (TPSA) is 43.8 Å². The third-order valence-corrected chi connectivity index (χ3v) is 3.26. The molecule has 0 saturated heterocycles. The summed E-state index contributed by atoms with van der Waals surface area (Å²) in [6, 6.07) is 18.3. The van der Waals surface area contributed by atoms with Gasteiger partial charge in [-0.25, -0.2) is 4.68 Å². The summed E-state index contributed by atoms with van der Waals surface area (Å²) < 4.78 is 1.77. The van der Waals surface area contributed by atoms with Crippen LogP contribution in [0.5, 0.6) is 0 Å². The maximum absolute atomic E-state index is 6.09. The first-order valence-electron chi connectivity index (χ1n) is 6.63. The van der Waals surface area contributed by atoms with E-state index < -0.39 is 0 Å². The Labute approximate surface area is 118 Å². The zero-order valence-electron chi connectivity index (χ0n) is 11.7. The van der Waals surface area contributed by atoms with Crippen LogP contribution in [0.1, 0.15) is 11.1 Å². The summed E-state index contributed by atoms with van der Waals surface area (Å²) in [5.74, 6) is 0.644. The molecule has 0 spiro atoms. The Balaban J connectivity index is 2.09. The van der Waals surface area contributed by atoms with Crippen molar-refractivity contribution in [3.8, 4) is 16.9 Å². The molecule has 100 valence electrons. The molecule has 2 aromatic carbocycles. The van der Waals surface area contributed by atoms with Gasteiger partial charge in [0, 0.05) is 11.6 Å². The van der Waals surface area contributed by atoms with E-state index >= 15 is 0 Å². The van der Waals surface area contributed by atoms with Crippen LogP contribution >= 0.6 is 0 Å². The van der Waals surface area contributed by atoms with Crippen LogP contribution in [0.4, 0.5) is 5.82 Å². The van der Waals surface area contributed by atoms with Crippen LogP contribution in [0.25, 0.3) is 16.9 Å². The van der Waals surface area contributed by atoms with Gasteiger partial charge in [0.05, 0.1) is 11.4 Å². The monoisotopic (exact) mass is 263 g/mol. The van der Waals surface area contributed by atoms with E-state index in [1.165, 1.54) is 11.1 Å². The van der Waals surface area contributed by atoms with Crippen molar-refractivity contribution >= 4 is 5.82 Å². The van der Waals surface area contributed by atoms with Crippen LogP contribution in [0, 0.1) is 13.8 Å². The molecule has 20 heavy (non-hydrogen) atoms. The van der Waals surface area contributed by atoms with Crippen LogP contribution in [0.2, 0.25) is 0 Å². The third-order valence-electron chi connectivity index (χ3n) is 3.26. The van der Waals surface area contributed by atoms with Crippen molar-refractivity contribution in [1.29, 1.82) is 0 Å². The number of rotatable bonds is 2. The maximum Gasteiger partial charge on any atom is 0.127 e. The summed E-state index contributed by atoms with van der Waals surface area (Å²) in [6.07, 6.45) is 0. The molecular weight excluding hydrogens is 246 g/mol. The van der Waals surface area contributed by atoms with Crippen LogP contribution < -0.4 is 5.73 Å². The highest BCUT2D eigenvalue weighted by molar-refractivity contribution is 5.65. The molecular formula is C17H17N3. The summed E-state index contributed by atoms with van der Waals surface area (Å²) in [4.78, 5) is 0. The van der Waals surface area contributed by atoms with Gasteiger partial charge in [0.15, 0.2) is 0 Å². The first-order chi connectivity index (χ1) is 9.63. The van der Waals surface area contributed by atoms with Gasteiger partial charge in [-0.05, 0) is 38.1 Å². The van der Waals surface area contributed by atoms with E-state index in [4.69, 9.17) is 5.73 Å². The number of aromatic nitrogens is 2. The number of para-hydroxylation sites is 1. The number of anilines is 1. The molecule has 0 amide bonds. The molecule has 3 heteroatoms. The number of hydrogen-bond acceptors (Lipinski definition) is 2. The third kappa shape index (κ3) is 2.30.